The summed E-state index contributed by atoms with van der Waals surface area (Å²) in [5.41, 5.74) is 1.10. The van der Waals surface area contributed by atoms with E-state index >= 15 is 0 Å². The van der Waals surface area contributed by atoms with Gasteiger partial charge in [0.2, 0.25) is 0 Å². The molecule has 1 N–H and O–H groups in total. The molecule has 0 aliphatic rings. The highest BCUT2D eigenvalue weighted by Crippen LogP contribution is 2.24. The first-order chi connectivity index (χ1) is 9.05. The molecular weight excluding hydrogens is 258 g/mol. The second kappa shape index (κ2) is 7.88. The van der Waals surface area contributed by atoms with Crippen LogP contribution >= 0.6 is 11.6 Å². The molecule has 0 saturated heterocycles. The average Bonchev–Trinajstić information content (AvgIpc) is 2.38. The number of halogens is 1. The molecule has 19 heavy (non-hydrogen) atoms. The fourth-order valence-electron chi connectivity index (χ4n) is 2.43. The summed E-state index contributed by atoms with van der Waals surface area (Å²) in [5, 5.41) is 4.35. The molecule has 0 saturated carbocycles. The summed E-state index contributed by atoms with van der Waals surface area (Å²) in [7, 11) is 0. The molecule has 0 heterocycles. The van der Waals surface area contributed by atoms with Gasteiger partial charge in [0.05, 0.1) is 5.60 Å². The Morgan fingerprint density at radius 1 is 1.32 bits per heavy atom. The fourth-order valence-corrected chi connectivity index (χ4v) is 2.64. The Labute approximate surface area is 122 Å². The predicted octanol–water partition coefficient (Wildman–Crippen LogP) is 4.07. The molecule has 0 amide bonds. The van der Waals surface area contributed by atoms with Gasteiger partial charge in [-0.3, -0.25) is 0 Å². The van der Waals surface area contributed by atoms with E-state index in [2.05, 4.69) is 39.1 Å². The third-order valence-electron chi connectivity index (χ3n) is 3.69. The SMILES string of the molecule is CCNC(Cc1cccc(Cl)c1)C(C)(CC)OCC. The summed E-state index contributed by atoms with van der Waals surface area (Å²) in [5.74, 6) is 0. The maximum absolute atomic E-state index is 6.06. The Morgan fingerprint density at radius 3 is 2.58 bits per heavy atom. The molecule has 0 bridgehead atoms. The second-order valence-electron chi connectivity index (χ2n) is 5.04. The lowest BCUT2D eigenvalue weighted by atomic mass is 9.88. The van der Waals surface area contributed by atoms with Gasteiger partial charge < -0.3 is 10.1 Å². The summed E-state index contributed by atoms with van der Waals surface area (Å²) in [6.45, 7) is 10.2. The van der Waals surface area contributed by atoms with Crippen LogP contribution in [0.25, 0.3) is 0 Å². The van der Waals surface area contributed by atoms with Gasteiger partial charge in [-0.15, -0.1) is 0 Å². The molecule has 2 unspecified atom stereocenters. The van der Waals surface area contributed by atoms with Crippen molar-refractivity contribution in [1.29, 1.82) is 0 Å². The van der Waals surface area contributed by atoms with Gasteiger partial charge in [0, 0.05) is 17.7 Å². The molecule has 0 aliphatic heterocycles. The predicted molar refractivity (Wildman–Crippen MR) is 82.9 cm³/mol. The molecule has 108 valence electrons. The number of ether oxygens (including phenoxy) is 1. The van der Waals surface area contributed by atoms with Crippen LogP contribution in [0.3, 0.4) is 0 Å². The van der Waals surface area contributed by atoms with E-state index in [1.54, 1.807) is 0 Å². The topological polar surface area (TPSA) is 21.3 Å². The summed E-state index contributed by atoms with van der Waals surface area (Å²) in [4.78, 5) is 0. The van der Waals surface area contributed by atoms with Crippen LogP contribution in [0.2, 0.25) is 5.02 Å². The van der Waals surface area contributed by atoms with Crippen molar-refractivity contribution in [3.63, 3.8) is 0 Å². The lowest BCUT2D eigenvalue weighted by molar-refractivity contribution is -0.0546. The van der Waals surface area contributed by atoms with Gasteiger partial charge in [0.25, 0.3) is 0 Å². The van der Waals surface area contributed by atoms with Crippen LogP contribution < -0.4 is 5.32 Å². The Hall–Kier alpha value is -0.570. The van der Waals surface area contributed by atoms with Crippen LogP contribution in [0.5, 0.6) is 0 Å². The van der Waals surface area contributed by atoms with E-state index in [-0.39, 0.29) is 5.60 Å². The van der Waals surface area contributed by atoms with Gasteiger partial charge in [0.1, 0.15) is 0 Å². The first kappa shape index (κ1) is 16.5. The van der Waals surface area contributed by atoms with Crippen molar-refractivity contribution in [2.45, 2.75) is 52.2 Å². The van der Waals surface area contributed by atoms with Gasteiger partial charge in [0.15, 0.2) is 0 Å². The number of hydrogen-bond acceptors (Lipinski definition) is 2. The van der Waals surface area contributed by atoms with Gasteiger partial charge in [-0.2, -0.15) is 0 Å². The van der Waals surface area contributed by atoms with Crippen molar-refractivity contribution in [2.75, 3.05) is 13.2 Å². The highest BCUT2D eigenvalue weighted by molar-refractivity contribution is 6.30. The number of likely N-dealkylation sites (N-methyl/N-ethyl adjacent to an activating group) is 1. The Morgan fingerprint density at radius 2 is 2.05 bits per heavy atom. The van der Waals surface area contributed by atoms with Crippen LogP contribution in [0, 0.1) is 0 Å². The lowest BCUT2D eigenvalue weighted by Crippen LogP contribution is -2.51. The smallest absolute Gasteiger partial charge is 0.0807 e. The van der Waals surface area contributed by atoms with Gasteiger partial charge in [-0.1, -0.05) is 37.6 Å². The number of rotatable bonds is 8. The zero-order valence-corrected chi connectivity index (χ0v) is 13.3. The first-order valence-corrected chi connectivity index (χ1v) is 7.55. The van der Waals surface area contributed by atoms with E-state index in [1.807, 2.05) is 18.2 Å². The van der Waals surface area contributed by atoms with Crippen LogP contribution in [-0.2, 0) is 11.2 Å². The minimum absolute atomic E-state index is 0.146. The number of benzene rings is 1. The molecule has 0 fully saturated rings. The quantitative estimate of drug-likeness (QED) is 0.777. The largest absolute Gasteiger partial charge is 0.374 e. The van der Waals surface area contributed by atoms with Crippen molar-refractivity contribution in [1.82, 2.24) is 5.32 Å². The summed E-state index contributed by atoms with van der Waals surface area (Å²) in [6.07, 6.45) is 1.91. The van der Waals surface area contributed by atoms with E-state index in [1.165, 1.54) is 5.56 Å². The van der Waals surface area contributed by atoms with Crippen molar-refractivity contribution in [3.8, 4) is 0 Å². The van der Waals surface area contributed by atoms with Gasteiger partial charge >= 0.3 is 0 Å². The lowest BCUT2D eigenvalue weighted by Gasteiger charge is -2.37. The van der Waals surface area contributed by atoms with Gasteiger partial charge in [-0.25, -0.2) is 0 Å². The monoisotopic (exact) mass is 283 g/mol. The Balaban J connectivity index is 2.87. The highest BCUT2D eigenvalue weighted by atomic mass is 35.5. The van der Waals surface area contributed by atoms with Crippen LogP contribution in [-0.4, -0.2) is 24.8 Å². The van der Waals surface area contributed by atoms with E-state index in [9.17, 15) is 0 Å². The van der Waals surface area contributed by atoms with Gasteiger partial charge in [-0.05, 0) is 50.9 Å². The molecule has 1 rings (SSSR count). The fraction of sp³-hybridized carbons (Fsp3) is 0.625. The summed E-state index contributed by atoms with van der Waals surface area (Å²) < 4.78 is 6.00. The molecule has 3 heteroatoms. The molecule has 0 aliphatic carbocycles. The van der Waals surface area contributed by atoms with Crippen molar-refractivity contribution in [2.24, 2.45) is 0 Å². The maximum Gasteiger partial charge on any atom is 0.0807 e. The van der Waals surface area contributed by atoms with Crippen molar-refractivity contribution < 1.29 is 4.74 Å². The van der Waals surface area contributed by atoms with Crippen LogP contribution in [0.4, 0.5) is 0 Å². The average molecular weight is 284 g/mol. The van der Waals surface area contributed by atoms with E-state index in [0.717, 1.165) is 31.0 Å². The Kier molecular flexibility index (Phi) is 6.84. The molecule has 1 aromatic rings. The second-order valence-corrected chi connectivity index (χ2v) is 5.48. The zero-order chi connectivity index (χ0) is 14.3. The van der Waals surface area contributed by atoms with E-state index < -0.39 is 0 Å². The van der Waals surface area contributed by atoms with Crippen LogP contribution in [0.1, 0.15) is 39.7 Å². The minimum atomic E-state index is -0.146. The normalized spacial score (nSPS) is 16.1. The van der Waals surface area contributed by atoms with Crippen LogP contribution in [0.15, 0.2) is 24.3 Å². The number of nitrogens with one attached hydrogen (secondary N) is 1. The van der Waals surface area contributed by atoms with Crippen molar-refractivity contribution >= 4 is 11.6 Å². The summed E-state index contributed by atoms with van der Waals surface area (Å²) in [6, 6.07) is 8.37. The van der Waals surface area contributed by atoms with E-state index in [4.69, 9.17) is 16.3 Å². The standard InChI is InChI=1S/C16H26ClNO/c1-5-16(4,19-7-3)15(18-6-2)12-13-9-8-10-14(17)11-13/h8-11,15,18H,5-7,12H2,1-4H3. The molecule has 2 nitrogen and oxygen atoms in total. The first-order valence-electron chi connectivity index (χ1n) is 7.17. The third kappa shape index (κ3) is 4.79. The minimum Gasteiger partial charge on any atom is -0.374 e. The maximum atomic E-state index is 6.06. The zero-order valence-electron chi connectivity index (χ0n) is 12.5. The summed E-state index contributed by atoms with van der Waals surface area (Å²) >= 11 is 6.06. The Bertz CT molecular complexity index is 383. The van der Waals surface area contributed by atoms with Crippen molar-refractivity contribution in [3.05, 3.63) is 34.9 Å². The molecular formula is C16H26ClNO. The molecule has 0 aromatic heterocycles. The highest BCUT2D eigenvalue weighted by Gasteiger charge is 2.32. The number of hydrogen-bond donors (Lipinski definition) is 1. The molecule has 1 aromatic carbocycles. The molecule has 0 radical (unpaired) electrons. The molecule has 2 atom stereocenters. The van der Waals surface area contributed by atoms with E-state index in [0.29, 0.717) is 6.04 Å². The third-order valence-corrected chi connectivity index (χ3v) is 3.93. The molecule has 0 spiro atoms.